The van der Waals surface area contributed by atoms with E-state index < -0.39 is 24.7 Å². The van der Waals surface area contributed by atoms with Crippen molar-refractivity contribution >= 4 is 33.2 Å². The molecule has 1 amide bonds. The monoisotopic (exact) mass is 495 g/mol. The third-order valence-corrected chi connectivity index (χ3v) is 6.39. The number of benzene rings is 2. The van der Waals surface area contributed by atoms with Crippen LogP contribution in [0, 0.1) is 0 Å². The minimum Gasteiger partial charge on any atom is -0.479 e. The Morgan fingerprint density at radius 2 is 2.03 bits per heavy atom. The molecule has 5 nitrogen and oxygen atoms in total. The van der Waals surface area contributed by atoms with Gasteiger partial charge in [-0.05, 0) is 57.4 Å². The van der Waals surface area contributed by atoms with Crippen LogP contribution >= 0.6 is 27.3 Å². The largest absolute Gasteiger partial charge is 0.479 e. The molecule has 156 valence electrons. The van der Waals surface area contributed by atoms with Crippen LogP contribution in [0.2, 0.25) is 0 Å². The van der Waals surface area contributed by atoms with Gasteiger partial charge in [0.2, 0.25) is 0 Å². The summed E-state index contributed by atoms with van der Waals surface area (Å²) in [5.41, 5.74) is 7.80. The maximum Gasteiger partial charge on any atom is 0.387 e. The Bertz CT molecular complexity index is 1100. The van der Waals surface area contributed by atoms with Gasteiger partial charge in [-0.2, -0.15) is 8.78 Å². The molecule has 0 bridgehead atoms. The van der Waals surface area contributed by atoms with E-state index in [1.165, 1.54) is 24.5 Å². The van der Waals surface area contributed by atoms with Crippen molar-refractivity contribution in [2.45, 2.75) is 18.8 Å². The number of hydrogen-bond donors (Lipinski definition) is 1. The zero-order valence-corrected chi connectivity index (χ0v) is 18.0. The van der Waals surface area contributed by atoms with Crippen molar-refractivity contribution in [1.82, 2.24) is 0 Å². The van der Waals surface area contributed by atoms with Crippen LogP contribution < -0.4 is 15.2 Å². The summed E-state index contributed by atoms with van der Waals surface area (Å²) in [4.78, 5) is 12.7. The van der Waals surface area contributed by atoms with Crippen molar-refractivity contribution in [2.75, 3.05) is 7.11 Å². The van der Waals surface area contributed by atoms with Gasteiger partial charge in [-0.25, -0.2) is 0 Å². The molecule has 4 rings (SSSR count). The van der Waals surface area contributed by atoms with Crippen molar-refractivity contribution in [1.29, 1.82) is 0 Å². The third-order valence-electron chi connectivity index (χ3n) is 4.73. The summed E-state index contributed by atoms with van der Waals surface area (Å²) in [5.74, 6) is -0.187. The smallest absolute Gasteiger partial charge is 0.387 e. The first-order valence-corrected chi connectivity index (χ1v) is 10.5. The van der Waals surface area contributed by atoms with Crippen molar-refractivity contribution < 1.29 is 27.8 Å². The molecular formula is C21H16BrF2NO4S. The fourth-order valence-corrected chi connectivity index (χ4v) is 5.02. The molecule has 0 saturated carbocycles. The number of alkyl halides is 2. The van der Waals surface area contributed by atoms with Gasteiger partial charge in [0.1, 0.15) is 11.5 Å². The molecule has 0 spiro atoms. The second kappa shape index (κ2) is 8.33. The molecule has 1 aliphatic rings. The Labute approximate surface area is 183 Å². The number of methoxy groups -OCH3 is 1. The van der Waals surface area contributed by atoms with Gasteiger partial charge in [0.25, 0.3) is 5.91 Å². The molecule has 2 N–H and O–H groups in total. The summed E-state index contributed by atoms with van der Waals surface area (Å²) in [6.45, 7) is -2.97. The molecule has 1 aliphatic heterocycles. The van der Waals surface area contributed by atoms with E-state index in [0.717, 1.165) is 8.66 Å². The summed E-state index contributed by atoms with van der Waals surface area (Å²) in [7, 11) is 1.39. The van der Waals surface area contributed by atoms with Crippen LogP contribution in [0.15, 0.2) is 52.3 Å². The van der Waals surface area contributed by atoms with Gasteiger partial charge in [0.15, 0.2) is 12.2 Å². The Kier molecular flexibility index (Phi) is 5.77. The Hall–Kier alpha value is -2.49. The summed E-state index contributed by atoms with van der Waals surface area (Å²) in [6, 6.07) is 13.8. The van der Waals surface area contributed by atoms with Gasteiger partial charge in [0, 0.05) is 12.7 Å². The van der Waals surface area contributed by atoms with Crippen molar-refractivity contribution in [2.24, 2.45) is 5.73 Å². The van der Waals surface area contributed by atoms with E-state index in [1.54, 1.807) is 30.3 Å². The normalized spacial score (nSPS) is 15.8. The summed E-state index contributed by atoms with van der Waals surface area (Å²) in [5, 5.41) is 0. The predicted octanol–water partition coefficient (Wildman–Crippen LogP) is 5.43. The lowest BCUT2D eigenvalue weighted by molar-refractivity contribution is -0.128. The molecule has 0 radical (unpaired) electrons. The molecule has 2 atom stereocenters. The second-order valence-electron chi connectivity index (χ2n) is 6.51. The Balaban J connectivity index is 1.92. The zero-order chi connectivity index (χ0) is 21.4. The highest BCUT2D eigenvalue weighted by atomic mass is 79.9. The number of rotatable bonds is 6. The number of primary amides is 1. The molecule has 9 heteroatoms. The van der Waals surface area contributed by atoms with Crippen LogP contribution in [0.4, 0.5) is 8.78 Å². The maximum absolute atomic E-state index is 13.0. The van der Waals surface area contributed by atoms with Gasteiger partial charge in [-0.1, -0.05) is 18.2 Å². The van der Waals surface area contributed by atoms with E-state index in [9.17, 15) is 13.6 Å². The third kappa shape index (κ3) is 3.80. The summed E-state index contributed by atoms with van der Waals surface area (Å²) >= 11 is 4.95. The molecule has 0 aliphatic carbocycles. The fraction of sp³-hybridized carbons (Fsp3) is 0.190. The average molecular weight is 496 g/mol. The average Bonchev–Trinajstić information content (AvgIpc) is 3.13. The Morgan fingerprint density at radius 1 is 1.23 bits per heavy atom. The number of ether oxygens (including phenoxy) is 3. The predicted molar refractivity (Wildman–Crippen MR) is 112 cm³/mol. The standard InChI is InChI=1S/C21H16BrF2NO4S/c1-27-18(20(25)26)10-5-6-11-12(9-10)19(15-7-8-16(22)30-15)28-13-3-2-4-14(17(11)13)29-21(23)24/h2-9,18-19,21H,1H3,(H2,25,26). The van der Waals surface area contributed by atoms with Crippen molar-refractivity contribution in [3.8, 4) is 22.6 Å². The van der Waals surface area contributed by atoms with Crippen LogP contribution in [0.5, 0.6) is 11.5 Å². The van der Waals surface area contributed by atoms with Crippen LogP contribution in [0.3, 0.4) is 0 Å². The number of nitrogens with two attached hydrogens (primary N) is 1. The lowest BCUT2D eigenvalue weighted by Gasteiger charge is -2.30. The highest BCUT2D eigenvalue weighted by Gasteiger charge is 2.32. The minimum atomic E-state index is -2.97. The molecule has 2 unspecified atom stereocenters. The SMILES string of the molecule is COC(C(N)=O)c1ccc2c(c1)C(c1ccc(Br)s1)Oc1cccc(OC(F)F)c1-2. The molecule has 2 aromatic carbocycles. The number of carbonyl (C=O) groups excluding carboxylic acids is 1. The highest BCUT2D eigenvalue weighted by Crippen LogP contribution is 2.50. The lowest BCUT2D eigenvalue weighted by Crippen LogP contribution is -2.23. The van der Waals surface area contributed by atoms with Crippen LogP contribution in [0.1, 0.15) is 28.2 Å². The van der Waals surface area contributed by atoms with Gasteiger partial charge >= 0.3 is 6.61 Å². The molecule has 30 heavy (non-hydrogen) atoms. The first kappa shape index (κ1) is 20.8. The quantitative estimate of drug-likeness (QED) is 0.494. The number of hydrogen-bond acceptors (Lipinski definition) is 5. The molecule has 1 aromatic heterocycles. The molecule has 0 saturated heterocycles. The van der Waals surface area contributed by atoms with E-state index in [2.05, 4.69) is 15.9 Å². The Morgan fingerprint density at radius 3 is 2.67 bits per heavy atom. The second-order valence-corrected chi connectivity index (χ2v) is 9.01. The van der Waals surface area contributed by atoms with Crippen LogP contribution in [-0.2, 0) is 9.53 Å². The highest BCUT2D eigenvalue weighted by molar-refractivity contribution is 9.11. The first-order valence-electron chi connectivity index (χ1n) is 8.85. The van der Waals surface area contributed by atoms with E-state index in [1.807, 2.05) is 12.1 Å². The minimum absolute atomic E-state index is 0.0144. The molecule has 0 fully saturated rings. The lowest BCUT2D eigenvalue weighted by atomic mass is 9.89. The first-order chi connectivity index (χ1) is 14.4. The van der Waals surface area contributed by atoms with E-state index in [-0.39, 0.29) is 5.75 Å². The zero-order valence-electron chi connectivity index (χ0n) is 15.6. The maximum atomic E-state index is 13.0. The van der Waals surface area contributed by atoms with Crippen molar-refractivity contribution in [3.63, 3.8) is 0 Å². The number of thiophene rings is 1. The van der Waals surface area contributed by atoms with E-state index in [4.69, 9.17) is 19.9 Å². The van der Waals surface area contributed by atoms with Crippen LogP contribution in [0.25, 0.3) is 11.1 Å². The number of halogens is 3. The van der Waals surface area contributed by atoms with E-state index >= 15 is 0 Å². The number of fused-ring (bicyclic) bond motifs is 3. The summed E-state index contributed by atoms with van der Waals surface area (Å²) < 4.78 is 43.1. The van der Waals surface area contributed by atoms with Gasteiger partial charge in [-0.3, -0.25) is 4.79 Å². The van der Waals surface area contributed by atoms with Gasteiger partial charge in [-0.15, -0.1) is 11.3 Å². The fourth-order valence-electron chi connectivity index (χ4n) is 3.55. The van der Waals surface area contributed by atoms with Crippen LogP contribution in [-0.4, -0.2) is 19.6 Å². The molecule has 3 aromatic rings. The van der Waals surface area contributed by atoms with E-state index in [0.29, 0.717) is 28.0 Å². The molecule has 2 heterocycles. The van der Waals surface area contributed by atoms with Gasteiger partial charge < -0.3 is 19.9 Å². The molecular weight excluding hydrogens is 480 g/mol. The summed E-state index contributed by atoms with van der Waals surface area (Å²) in [6.07, 6.45) is -1.45. The van der Waals surface area contributed by atoms with Crippen molar-refractivity contribution in [3.05, 3.63) is 68.3 Å². The van der Waals surface area contributed by atoms with Gasteiger partial charge in [0.05, 0.1) is 14.2 Å². The number of amides is 1. The topological polar surface area (TPSA) is 70.8 Å². The number of carbonyl (C=O) groups is 1.